The third kappa shape index (κ3) is 7.88. The summed E-state index contributed by atoms with van der Waals surface area (Å²) in [6, 6.07) is 12.4. The zero-order valence-electron chi connectivity index (χ0n) is 25.0. The van der Waals surface area contributed by atoms with E-state index in [0.717, 1.165) is 24.8 Å². The molecule has 1 unspecified atom stereocenters. The maximum Gasteiger partial charge on any atom is 0.352 e. The van der Waals surface area contributed by atoms with Gasteiger partial charge in [-0.15, -0.1) is 0 Å². The summed E-state index contributed by atoms with van der Waals surface area (Å²) in [6.45, 7) is 1.66. The second-order valence-corrected chi connectivity index (χ2v) is 11.8. The fourth-order valence-electron chi connectivity index (χ4n) is 7.35. The smallest absolute Gasteiger partial charge is 0.352 e. The van der Waals surface area contributed by atoms with E-state index >= 15 is 0 Å². The summed E-state index contributed by atoms with van der Waals surface area (Å²) in [4.78, 5) is 12.4. The maximum atomic E-state index is 12.4. The van der Waals surface area contributed by atoms with Gasteiger partial charge in [0, 0.05) is 31.4 Å². The molecule has 9 heteroatoms. The number of carbonyl (C=O) groups excluding carboxylic acids is 1. The quantitative estimate of drug-likeness (QED) is 0.132. The molecule has 0 amide bonds. The van der Waals surface area contributed by atoms with E-state index in [-0.39, 0.29) is 19.0 Å². The van der Waals surface area contributed by atoms with Crippen LogP contribution in [-0.2, 0) is 29.1 Å². The third-order valence-electron chi connectivity index (χ3n) is 8.82. The van der Waals surface area contributed by atoms with Crippen molar-refractivity contribution in [3.63, 3.8) is 0 Å². The summed E-state index contributed by atoms with van der Waals surface area (Å²) >= 11 is 0. The molecule has 2 aromatic carbocycles. The Bertz CT molecular complexity index is 1230. The first-order valence-electron chi connectivity index (χ1n) is 15.0. The van der Waals surface area contributed by atoms with Gasteiger partial charge in [-0.2, -0.15) is 0 Å². The Balaban J connectivity index is 1.44. The van der Waals surface area contributed by atoms with Crippen molar-refractivity contribution in [1.29, 1.82) is 0 Å². The molecular formula is C34H42O9. The SMILES string of the molecule is COCCOCOc1cc(OCOCCOC)c(C23CC4CC(CC(C4)C2)C3)cc1C(O)C#COC(=O)c1ccccc1. The Morgan fingerprint density at radius 1 is 0.860 bits per heavy atom. The molecule has 9 nitrogen and oxygen atoms in total. The first kappa shape index (κ1) is 31.3. The number of benzene rings is 2. The van der Waals surface area contributed by atoms with Crippen molar-refractivity contribution in [2.24, 2.45) is 17.8 Å². The predicted octanol–water partition coefficient (Wildman–Crippen LogP) is 5.00. The lowest BCUT2D eigenvalue weighted by Gasteiger charge is -2.57. The number of aliphatic hydroxyl groups excluding tert-OH is 1. The highest BCUT2D eigenvalue weighted by molar-refractivity contribution is 5.89. The van der Waals surface area contributed by atoms with Gasteiger partial charge in [0.05, 0.1) is 32.0 Å². The van der Waals surface area contributed by atoms with E-state index in [9.17, 15) is 9.90 Å². The molecule has 1 N–H and O–H groups in total. The van der Waals surface area contributed by atoms with Crippen molar-refractivity contribution < 1.29 is 43.1 Å². The van der Waals surface area contributed by atoms with E-state index in [1.165, 1.54) is 19.3 Å². The van der Waals surface area contributed by atoms with Crippen LogP contribution in [0.3, 0.4) is 0 Å². The summed E-state index contributed by atoms with van der Waals surface area (Å²) in [5, 5.41) is 11.3. The number of esters is 1. The van der Waals surface area contributed by atoms with E-state index in [0.29, 0.717) is 66.8 Å². The van der Waals surface area contributed by atoms with Gasteiger partial charge in [0.25, 0.3) is 0 Å². The van der Waals surface area contributed by atoms with Gasteiger partial charge >= 0.3 is 5.97 Å². The Hall–Kier alpha value is -3.13. The molecule has 1 atom stereocenters. The molecule has 4 aliphatic carbocycles. The minimum atomic E-state index is -1.28. The van der Waals surface area contributed by atoms with Crippen LogP contribution < -0.4 is 9.47 Å². The molecule has 4 aliphatic rings. The van der Waals surface area contributed by atoms with Crippen LogP contribution in [-0.4, -0.2) is 65.3 Å². The van der Waals surface area contributed by atoms with Gasteiger partial charge < -0.3 is 38.3 Å². The van der Waals surface area contributed by atoms with Crippen LogP contribution >= 0.6 is 0 Å². The minimum absolute atomic E-state index is 0.0498. The van der Waals surface area contributed by atoms with Gasteiger partial charge in [-0.25, -0.2) is 4.79 Å². The van der Waals surface area contributed by atoms with Crippen LogP contribution in [0, 0.1) is 29.8 Å². The second kappa shape index (κ2) is 15.0. The molecule has 2 aromatic rings. The minimum Gasteiger partial charge on any atom is -0.467 e. The van der Waals surface area contributed by atoms with Gasteiger partial charge in [-0.3, -0.25) is 0 Å². The van der Waals surface area contributed by atoms with Crippen molar-refractivity contribution in [2.45, 2.75) is 50.0 Å². The monoisotopic (exact) mass is 594 g/mol. The molecule has 0 saturated heterocycles. The topological polar surface area (TPSA) is 102 Å². The molecule has 0 radical (unpaired) electrons. The Labute approximate surface area is 253 Å². The normalized spacial score (nSPS) is 24.2. The molecule has 4 fully saturated rings. The van der Waals surface area contributed by atoms with Crippen LogP contribution in [0.25, 0.3) is 0 Å². The number of ether oxygens (including phenoxy) is 7. The highest BCUT2D eigenvalue weighted by Crippen LogP contribution is 2.62. The number of methoxy groups -OCH3 is 2. The Morgan fingerprint density at radius 2 is 1.44 bits per heavy atom. The largest absolute Gasteiger partial charge is 0.467 e. The highest BCUT2D eigenvalue weighted by Gasteiger charge is 2.52. The van der Waals surface area contributed by atoms with Crippen molar-refractivity contribution in [1.82, 2.24) is 0 Å². The summed E-state index contributed by atoms with van der Waals surface area (Å²) in [7, 11) is 3.23. The van der Waals surface area contributed by atoms with Gasteiger partial charge in [-0.1, -0.05) is 18.2 Å². The van der Waals surface area contributed by atoms with Crippen LogP contribution in [0.2, 0.25) is 0 Å². The number of hydrogen-bond donors (Lipinski definition) is 1. The van der Waals surface area contributed by atoms with Gasteiger partial charge in [0.1, 0.15) is 23.7 Å². The molecule has 4 bridgehead atoms. The number of hydrogen-bond acceptors (Lipinski definition) is 9. The first-order chi connectivity index (χ1) is 21.0. The van der Waals surface area contributed by atoms with E-state index < -0.39 is 12.1 Å². The highest BCUT2D eigenvalue weighted by atomic mass is 16.7. The standard InChI is InChI=1S/C34H42O9/c1-37-10-12-39-22-42-31-18-32(43-23-40-13-11-38-2)29(34-19-24-14-25(20-34)16-26(15-24)21-34)17-28(31)30(35)8-9-41-33(36)27-6-4-3-5-7-27/h3-7,17-18,24-26,30,35H,10-16,19-23H2,1-2H3. The van der Waals surface area contributed by atoms with Crippen LogP contribution in [0.5, 0.6) is 11.5 Å². The van der Waals surface area contributed by atoms with Crippen molar-refractivity contribution in [3.8, 4) is 23.5 Å². The fourth-order valence-corrected chi connectivity index (χ4v) is 7.35. The lowest BCUT2D eigenvalue weighted by atomic mass is 9.48. The van der Waals surface area contributed by atoms with Gasteiger partial charge in [0.2, 0.25) is 0 Å². The first-order valence-corrected chi connectivity index (χ1v) is 15.0. The van der Waals surface area contributed by atoms with Gasteiger partial charge in [-0.05, 0) is 85.8 Å². The maximum absolute atomic E-state index is 12.4. The Kier molecular flexibility index (Phi) is 11.0. The molecule has 6 rings (SSSR count). The molecule has 0 aromatic heterocycles. The van der Waals surface area contributed by atoms with E-state index in [1.807, 2.05) is 18.2 Å². The Morgan fingerprint density at radius 3 is 2.02 bits per heavy atom. The zero-order chi connectivity index (χ0) is 30.1. The molecule has 0 heterocycles. The molecule has 0 aliphatic heterocycles. The predicted molar refractivity (Wildman–Crippen MR) is 158 cm³/mol. The lowest BCUT2D eigenvalue weighted by Crippen LogP contribution is -2.48. The van der Waals surface area contributed by atoms with E-state index in [2.05, 4.69) is 12.0 Å². The van der Waals surface area contributed by atoms with Crippen molar-refractivity contribution in [3.05, 3.63) is 59.2 Å². The zero-order valence-corrected chi connectivity index (χ0v) is 25.0. The molecule has 0 spiro atoms. The molecular weight excluding hydrogens is 552 g/mol. The number of rotatable bonds is 15. The van der Waals surface area contributed by atoms with E-state index in [1.54, 1.807) is 38.5 Å². The average molecular weight is 595 g/mol. The second-order valence-electron chi connectivity index (χ2n) is 11.8. The molecule has 232 valence electrons. The molecule has 4 saturated carbocycles. The average Bonchev–Trinajstić information content (AvgIpc) is 3.00. The van der Waals surface area contributed by atoms with Crippen molar-refractivity contribution in [2.75, 3.05) is 54.2 Å². The number of carbonyl (C=O) groups is 1. The van der Waals surface area contributed by atoms with Crippen LogP contribution in [0.1, 0.15) is 66.1 Å². The van der Waals surface area contributed by atoms with Crippen LogP contribution in [0.4, 0.5) is 0 Å². The lowest BCUT2D eigenvalue weighted by molar-refractivity contribution is -0.0203. The van der Waals surface area contributed by atoms with E-state index in [4.69, 9.17) is 33.2 Å². The summed E-state index contributed by atoms with van der Waals surface area (Å²) < 4.78 is 38.8. The summed E-state index contributed by atoms with van der Waals surface area (Å²) in [5.74, 6) is 5.24. The van der Waals surface area contributed by atoms with Crippen LogP contribution in [0.15, 0.2) is 42.5 Å². The molecule has 43 heavy (non-hydrogen) atoms. The van der Waals surface area contributed by atoms with Gasteiger partial charge in [0.15, 0.2) is 13.6 Å². The summed E-state index contributed by atoms with van der Waals surface area (Å²) in [6.07, 6.45) is 8.29. The number of aliphatic hydroxyl groups is 1. The third-order valence-corrected chi connectivity index (χ3v) is 8.82. The summed E-state index contributed by atoms with van der Waals surface area (Å²) in [5.41, 5.74) is 1.84. The van der Waals surface area contributed by atoms with Crippen molar-refractivity contribution >= 4 is 5.97 Å². The fraction of sp³-hybridized carbons (Fsp3) is 0.559.